The molecule has 0 aliphatic carbocycles. The van der Waals surface area contributed by atoms with E-state index in [0.717, 1.165) is 17.9 Å². The lowest BCUT2D eigenvalue weighted by molar-refractivity contribution is 0.141. The maximum atomic E-state index is 5.84. The standard InChI is InChI=1S/C14H23ClN2O/c1-11(2)17(12(3)4)7-8-18-14-5-6-16-10-13(14)9-15/h5-6,10-12H,7-9H2,1-4H3. The Labute approximate surface area is 115 Å². The van der Waals surface area contributed by atoms with Crippen molar-refractivity contribution in [2.45, 2.75) is 45.7 Å². The van der Waals surface area contributed by atoms with E-state index in [2.05, 4.69) is 37.6 Å². The highest BCUT2D eigenvalue weighted by molar-refractivity contribution is 6.17. The maximum absolute atomic E-state index is 5.84. The van der Waals surface area contributed by atoms with E-state index in [9.17, 15) is 0 Å². The van der Waals surface area contributed by atoms with Crippen LogP contribution in [0.2, 0.25) is 0 Å². The molecular formula is C14H23ClN2O. The average Bonchev–Trinajstić information content (AvgIpc) is 2.34. The summed E-state index contributed by atoms with van der Waals surface area (Å²) in [5, 5.41) is 0. The van der Waals surface area contributed by atoms with Crippen LogP contribution in [0, 0.1) is 0 Å². The van der Waals surface area contributed by atoms with Crippen LogP contribution in [0.1, 0.15) is 33.3 Å². The Bertz CT molecular complexity index is 347. The second-order valence-electron chi connectivity index (χ2n) is 4.89. The Kier molecular flexibility index (Phi) is 6.44. The lowest BCUT2D eigenvalue weighted by Gasteiger charge is -2.30. The van der Waals surface area contributed by atoms with E-state index < -0.39 is 0 Å². The molecule has 0 unspecified atom stereocenters. The summed E-state index contributed by atoms with van der Waals surface area (Å²) in [7, 11) is 0. The Morgan fingerprint density at radius 1 is 1.28 bits per heavy atom. The van der Waals surface area contributed by atoms with Gasteiger partial charge in [-0.2, -0.15) is 0 Å². The monoisotopic (exact) mass is 270 g/mol. The van der Waals surface area contributed by atoms with E-state index in [1.54, 1.807) is 12.4 Å². The second-order valence-corrected chi connectivity index (χ2v) is 5.16. The van der Waals surface area contributed by atoms with Crippen LogP contribution in [0.25, 0.3) is 0 Å². The number of ether oxygens (including phenoxy) is 1. The zero-order chi connectivity index (χ0) is 13.5. The van der Waals surface area contributed by atoms with Gasteiger partial charge in [-0.1, -0.05) is 0 Å². The first-order chi connectivity index (χ1) is 8.56. The van der Waals surface area contributed by atoms with Gasteiger partial charge in [-0.15, -0.1) is 11.6 Å². The number of aromatic nitrogens is 1. The molecule has 0 atom stereocenters. The molecule has 1 aromatic heterocycles. The summed E-state index contributed by atoms with van der Waals surface area (Å²) in [5.41, 5.74) is 0.944. The highest BCUT2D eigenvalue weighted by Crippen LogP contribution is 2.18. The largest absolute Gasteiger partial charge is 0.492 e. The lowest BCUT2D eigenvalue weighted by Crippen LogP contribution is -2.39. The molecule has 0 saturated carbocycles. The number of nitrogens with zero attached hydrogens (tertiary/aromatic N) is 2. The Hall–Kier alpha value is -0.800. The van der Waals surface area contributed by atoms with Crippen LogP contribution in [0.4, 0.5) is 0 Å². The number of hydrogen-bond donors (Lipinski definition) is 0. The summed E-state index contributed by atoms with van der Waals surface area (Å²) in [6.07, 6.45) is 3.49. The van der Waals surface area contributed by atoms with Crippen molar-refractivity contribution in [2.75, 3.05) is 13.2 Å². The molecule has 0 saturated heterocycles. The summed E-state index contributed by atoms with van der Waals surface area (Å²) in [5.74, 6) is 1.27. The van der Waals surface area contributed by atoms with Crippen molar-refractivity contribution in [1.82, 2.24) is 9.88 Å². The highest BCUT2D eigenvalue weighted by atomic mass is 35.5. The van der Waals surface area contributed by atoms with Crippen LogP contribution in [0.15, 0.2) is 18.5 Å². The molecule has 18 heavy (non-hydrogen) atoms. The van der Waals surface area contributed by atoms with Crippen molar-refractivity contribution in [2.24, 2.45) is 0 Å². The van der Waals surface area contributed by atoms with E-state index in [4.69, 9.17) is 16.3 Å². The quantitative estimate of drug-likeness (QED) is 0.711. The van der Waals surface area contributed by atoms with E-state index >= 15 is 0 Å². The molecule has 1 heterocycles. The van der Waals surface area contributed by atoms with Gasteiger partial charge in [0, 0.05) is 36.6 Å². The van der Waals surface area contributed by atoms with Crippen LogP contribution < -0.4 is 4.74 Å². The summed E-state index contributed by atoms with van der Waals surface area (Å²) in [6.45, 7) is 10.4. The topological polar surface area (TPSA) is 25.4 Å². The first-order valence-electron chi connectivity index (χ1n) is 6.43. The van der Waals surface area contributed by atoms with E-state index in [0.29, 0.717) is 24.6 Å². The number of rotatable bonds is 7. The minimum atomic E-state index is 0.432. The summed E-state index contributed by atoms with van der Waals surface area (Å²) >= 11 is 5.84. The fourth-order valence-corrected chi connectivity index (χ4v) is 2.23. The molecule has 0 N–H and O–H groups in total. The third-order valence-corrected chi connectivity index (χ3v) is 3.22. The molecule has 4 heteroatoms. The van der Waals surface area contributed by atoms with E-state index in [1.807, 2.05) is 6.07 Å². The molecule has 0 radical (unpaired) electrons. The van der Waals surface area contributed by atoms with Crippen molar-refractivity contribution in [3.8, 4) is 5.75 Å². The lowest BCUT2D eigenvalue weighted by atomic mass is 10.2. The molecule has 0 aliphatic heterocycles. The highest BCUT2D eigenvalue weighted by Gasteiger charge is 2.13. The Balaban J connectivity index is 2.50. The average molecular weight is 271 g/mol. The van der Waals surface area contributed by atoms with Gasteiger partial charge >= 0.3 is 0 Å². The van der Waals surface area contributed by atoms with Crippen LogP contribution in [-0.4, -0.2) is 35.1 Å². The van der Waals surface area contributed by atoms with Gasteiger partial charge in [0.1, 0.15) is 12.4 Å². The van der Waals surface area contributed by atoms with Crippen molar-refractivity contribution in [3.05, 3.63) is 24.0 Å². The normalized spacial score (nSPS) is 11.6. The van der Waals surface area contributed by atoms with E-state index in [-0.39, 0.29) is 0 Å². The number of halogens is 1. The van der Waals surface area contributed by atoms with Crippen molar-refractivity contribution < 1.29 is 4.74 Å². The zero-order valence-corrected chi connectivity index (χ0v) is 12.4. The summed E-state index contributed by atoms with van der Waals surface area (Å²) in [6, 6.07) is 2.92. The summed E-state index contributed by atoms with van der Waals surface area (Å²) < 4.78 is 5.79. The van der Waals surface area contributed by atoms with Crippen molar-refractivity contribution >= 4 is 11.6 Å². The molecule has 0 spiro atoms. The zero-order valence-electron chi connectivity index (χ0n) is 11.7. The minimum Gasteiger partial charge on any atom is -0.492 e. The Morgan fingerprint density at radius 2 is 1.94 bits per heavy atom. The van der Waals surface area contributed by atoms with Crippen LogP contribution in [-0.2, 0) is 5.88 Å². The minimum absolute atomic E-state index is 0.432. The smallest absolute Gasteiger partial charge is 0.126 e. The third-order valence-electron chi connectivity index (χ3n) is 2.94. The summed E-state index contributed by atoms with van der Waals surface area (Å²) in [4.78, 5) is 6.45. The van der Waals surface area contributed by atoms with Crippen LogP contribution in [0.5, 0.6) is 5.75 Å². The molecule has 102 valence electrons. The van der Waals surface area contributed by atoms with Crippen LogP contribution >= 0.6 is 11.6 Å². The SMILES string of the molecule is CC(C)N(CCOc1ccncc1CCl)C(C)C. The van der Waals surface area contributed by atoms with Gasteiger partial charge in [0.2, 0.25) is 0 Å². The fraction of sp³-hybridized carbons (Fsp3) is 0.643. The molecule has 0 bridgehead atoms. The molecule has 0 amide bonds. The third kappa shape index (κ3) is 4.46. The molecule has 3 nitrogen and oxygen atoms in total. The fourth-order valence-electron chi connectivity index (χ4n) is 2.03. The van der Waals surface area contributed by atoms with Gasteiger partial charge in [0.25, 0.3) is 0 Å². The number of alkyl halides is 1. The van der Waals surface area contributed by atoms with Crippen molar-refractivity contribution in [3.63, 3.8) is 0 Å². The van der Waals surface area contributed by atoms with Gasteiger partial charge < -0.3 is 4.74 Å². The molecule has 1 rings (SSSR count). The second kappa shape index (κ2) is 7.59. The number of hydrogen-bond acceptors (Lipinski definition) is 3. The molecular weight excluding hydrogens is 248 g/mol. The number of pyridine rings is 1. The van der Waals surface area contributed by atoms with Crippen molar-refractivity contribution in [1.29, 1.82) is 0 Å². The van der Waals surface area contributed by atoms with E-state index in [1.165, 1.54) is 0 Å². The van der Waals surface area contributed by atoms with Gasteiger partial charge in [-0.3, -0.25) is 9.88 Å². The molecule has 0 aliphatic rings. The first kappa shape index (κ1) is 15.3. The van der Waals surface area contributed by atoms with Crippen LogP contribution in [0.3, 0.4) is 0 Å². The first-order valence-corrected chi connectivity index (χ1v) is 6.97. The van der Waals surface area contributed by atoms with Gasteiger partial charge in [0.15, 0.2) is 0 Å². The Morgan fingerprint density at radius 3 is 2.50 bits per heavy atom. The predicted octanol–water partition coefficient (Wildman–Crippen LogP) is 3.32. The molecule has 0 aromatic carbocycles. The predicted molar refractivity (Wildman–Crippen MR) is 76.3 cm³/mol. The molecule has 0 fully saturated rings. The van der Waals surface area contributed by atoms with Gasteiger partial charge in [0.05, 0.1) is 5.88 Å². The maximum Gasteiger partial charge on any atom is 0.126 e. The molecule has 1 aromatic rings. The van der Waals surface area contributed by atoms with Gasteiger partial charge in [-0.05, 0) is 33.8 Å². The van der Waals surface area contributed by atoms with Gasteiger partial charge in [-0.25, -0.2) is 0 Å².